The quantitative estimate of drug-likeness (QED) is 0.701. The van der Waals surface area contributed by atoms with Crippen molar-refractivity contribution in [1.82, 2.24) is 5.32 Å². The van der Waals surface area contributed by atoms with E-state index in [0.717, 1.165) is 29.2 Å². The molecule has 1 aromatic rings. The maximum atomic E-state index is 5.77. The highest BCUT2D eigenvalue weighted by Crippen LogP contribution is 2.20. The zero-order chi connectivity index (χ0) is 13.4. The average molecular weight is 313 g/mol. The SMILES string of the molecule is CCCCC(CC)CNCc1ccc(N)c(Br)c1. The third-order valence-electron chi connectivity index (χ3n) is 3.37. The molecule has 18 heavy (non-hydrogen) atoms. The number of anilines is 1. The molecule has 0 saturated heterocycles. The summed E-state index contributed by atoms with van der Waals surface area (Å²) in [6.45, 7) is 6.56. The largest absolute Gasteiger partial charge is 0.398 e. The maximum absolute atomic E-state index is 5.77. The number of benzene rings is 1. The van der Waals surface area contributed by atoms with Crippen LogP contribution in [0.2, 0.25) is 0 Å². The Hall–Kier alpha value is -0.540. The van der Waals surface area contributed by atoms with Crippen molar-refractivity contribution in [2.45, 2.75) is 46.1 Å². The van der Waals surface area contributed by atoms with Crippen molar-refractivity contribution in [3.8, 4) is 0 Å². The lowest BCUT2D eigenvalue weighted by atomic mass is 9.99. The van der Waals surface area contributed by atoms with Gasteiger partial charge in [0.1, 0.15) is 0 Å². The van der Waals surface area contributed by atoms with Gasteiger partial charge < -0.3 is 11.1 Å². The van der Waals surface area contributed by atoms with Gasteiger partial charge in [-0.15, -0.1) is 0 Å². The molecular weight excluding hydrogens is 288 g/mol. The van der Waals surface area contributed by atoms with E-state index >= 15 is 0 Å². The van der Waals surface area contributed by atoms with Gasteiger partial charge in [-0.2, -0.15) is 0 Å². The molecule has 0 aliphatic carbocycles. The summed E-state index contributed by atoms with van der Waals surface area (Å²) in [6.07, 6.45) is 5.23. The van der Waals surface area contributed by atoms with Gasteiger partial charge in [0.15, 0.2) is 0 Å². The van der Waals surface area contributed by atoms with Crippen LogP contribution < -0.4 is 11.1 Å². The lowest BCUT2D eigenvalue weighted by Crippen LogP contribution is -2.22. The molecule has 0 aliphatic heterocycles. The predicted molar refractivity (Wildman–Crippen MR) is 83.6 cm³/mol. The minimum atomic E-state index is 0.799. The molecule has 1 aromatic carbocycles. The number of nitrogen functional groups attached to an aromatic ring is 1. The van der Waals surface area contributed by atoms with Crippen LogP contribution in [0.1, 0.15) is 45.1 Å². The fourth-order valence-corrected chi connectivity index (χ4v) is 2.47. The second-order valence-electron chi connectivity index (χ2n) is 4.90. The number of halogens is 1. The van der Waals surface area contributed by atoms with Crippen LogP contribution in [-0.2, 0) is 6.54 Å². The highest BCUT2D eigenvalue weighted by Gasteiger charge is 2.05. The summed E-state index contributed by atoms with van der Waals surface area (Å²) in [5, 5.41) is 3.55. The number of rotatable bonds is 8. The Labute approximate surface area is 119 Å². The standard InChI is InChI=1S/C15H25BrN2/c1-3-5-6-12(4-2)10-18-11-13-7-8-15(17)14(16)9-13/h7-9,12,18H,3-6,10-11,17H2,1-2H3. The topological polar surface area (TPSA) is 38.0 Å². The third kappa shape index (κ3) is 5.40. The summed E-state index contributed by atoms with van der Waals surface area (Å²) in [7, 11) is 0. The summed E-state index contributed by atoms with van der Waals surface area (Å²) in [6, 6.07) is 6.13. The minimum absolute atomic E-state index is 0.799. The molecule has 0 saturated carbocycles. The van der Waals surface area contributed by atoms with Crippen LogP contribution in [0, 0.1) is 5.92 Å². The average Bonchev–Trinajstić information content (AvgIpc) is 2.37. The van der Waals surface area contributed by atoms with Gasteiger partial charge >= 0.3 is 0 Å². The van der Waals surface area contributed by atoms with Gasteiger partial charge in [0.2, 0.25) is 0 Å². The van der Waals surface area contributed by atoms with Crippen molar-refractivity contribution in [2.24, 2.45) is 5.92 Å². The first-order valence-corrected chi connectivity index (χ1v) is 7.71. The Balaban J connectivity index is 2.33. The fourth-order valence-electron chi connectivity index (χ4n) is 2.04. The minimum Gasteiger partial charge on any atom is -0.398 e. The van der Waals surface area contributed by atoms with E-state index in [1.54, 1.807) is 0 Å². The van der Waals surface area contributed by atoms with E-state index in [2.05, 4.69) is 47.2 Å². The molecule has 102 valence electrons. The Morgan fingerprint density at radius 1 is 1.33 bits per heavy atom. The molecule has 0 aromatic heterocycles. The van der Waals surface area contributed by atoms with Gasteiger partial charge in [0.05, 0.1) is 0 Å². The van der Waals surface area contributed by atoms with Crippen LogP contribution in [-0.4, -0.2) is 6.54 Å². The van der Waals surface area contributed by atoms with E-state index in [-0.39, 0.29) is 0 Å². The lowest BCUT2D eigenvalue weighted by Gasteiger charge is -2.15. The van der Waals surface area contributed by atoms with Crippen molar-refractivity contribution in [3.05, 3.63) is 28.2 Å². The van der Waals surface area contributed by atoms with Crippen molar-refractivity contribution < 1.29 is 0 Å². The first-order valence-electron chi connectivity index (χ1n) is 6.92. The molecule has 0 fully saturated rings. The van der Waals surface area contributed by atoms with Gasteiger partial charge in [-0.3, -0.25) is 0 Å². The van der Waals surface area contributed by atoms with Crippen LogP contribution in [0.15, 0.2) is 22.7 Å². The molecule has 0 amide bonds. The van der Waals surface area contributed by atoms with E-state index in [4.69, 9.17) is 5.73 Å². The second kappa shape index (κ2) is 8.54. The van der Waals surface area contributed by atoms with Crippen molar-refractivity contribution >= 4 is 21.6 Å². The molecule has 1 atom stereocenters. The lowest BCUT2D eigenvalue weighted by molar-refractivity contribution is 0.419. The molecular formula is C15H25BrN2. The van der Waals surface area contributed by atoms with Crippen molar-refractivity contribution in [1.29, 1.82) is 0 Å². The molecule has 0 aliphatic rings. The van der Waals surface area contributed by atoms with E-state index in [1.165, 1.54) is 31.2 Å². The molecule has 1 rings (SSSR count). The van der Waals surface area contributed by atoms with Crippen LogP contribution in [0.5, 0.6) is 0 Å². The van der Waals surface area contributed by atoms with Gasteiger partial charge in [0, 0.05) is 16.7 Å². The molecule has 3 N–H and O–H groups in total. The number of nitrogens with one attached hydrogen (secondary N) is 1. The highest BCUT2D eigenvalue weighted by atomic mass is 79.9. The summed E-state index contributed by atoms with van der Waals surface area (Å²) in [5.41, 5.74) is 7.85. The van der Waals surface area contributed by atoms with Gasteiger partial charge in [-0.1, -0.05) is 39.2 Å². The van der Waals surface area contributed by atoms with E-state index in [0.29, 0.717) is 0 Å². The Kier molecular flexibility index (Phi) is 7.36. The Morgan fingerprint density at radius 3 is 2.72 bits per heavy atom. The van der Waals surface area contributed by atoms with Gasteiger partial charge in [0.25, 0.3) is 0 Å². The van der Waals surface area contributed by atoms with Crippen LogP contribution in [0.25, 0.3) is 0 Å². The molecule has 0 radical (unpaired) electrons. The predicted octanol–water partition coefficient (Wildman–Crippen LogP) is 4.34. The monoisotopic (exact) mass is 312 g/mol. The summed E-state index contributed by atoms with van der Waals surface area (Å²) < 4.78 is 0.986. The molecule has 0 heterocycles. The molecule has 1 unspecified atom stereocenters. The first-order chi connectivity index (χ1) is 8.67. The Morgan fingerprint density at radius 2 is 2.11 bits per heavy atom. The first kappa shape index (κ1) is 15.5. The van der Waals surface area contributed by atoms with Crippen molar-refractivity contribution in [3.63, 3.8) is 0 Å². The number of unbranched alkanes of at least 4 members (excludes halogenated alkanes) is 1. The number of hydrogen-bond donors (Lipinski definition) is 2. The highest BCUT2D eigenvalue weighted by molar-refractivity contribution is 9.10. The van der Waals surface area contributed by atoms with E-state index < -0.39 is 0 Å². The second-order valence-corrected chi connectivity index (χ2v) is 5.76. The van der Waals surface area contributed by atoms with Crippen LogP contribution in [0.3, 0.4) is 0 Å². The number of nitrogens with two attached hydrogens (primary N) is 1. The maximum Gasteiger partial charge on any atom is 0.0458 e. The molecule has 3 heteroatoms. The van der Waals surface area contributed by atoms with E-state index in [9.17, 15) is 0 Å². The van der Waals surface area contributed by atoms with Gasteiger partial charge in [-0.25, -0.2) is 0 Å². The smallest absolute Gasteiger partial charge is 0.0458 e. The summed E-state index contributed by atoms with van der Waals surface area (Å²) in [4.78, 5) is 0. The van der Waals surface area contributed by atoms with Crippen LogP contribution >= 0.6 is 15.9 Å². The summed E-state index contributed by atoms with van der Waals surface area (Å²) >= 11 is 3.46. The van der Waals surface area contributed by atoms with Crippen LogP contribution in [0.4, 0.5) is 5.69 Å². The number of hydrogen-bond acceptors (Lipinski definition) is 2. The third-order valence-corrected chi connectivity index (χ3v) is 4.06. The zero-order valence-corrected chi connectivity index (χ0v) is 13.1. The molecule has 0 spiro atoms. The Bertz CT molecular complexity index is 352. The van der Waals surface area contributed by atoms with Gasteiger partial charge in [-0.05, 0) is 52.5 Å². The van der Waals surface area contributed by atoms with E-state index in [1.807, 2.05) is 6.07 Å². The zero-order valence-electron chi connectivity index (χ0n) is 11.5. The van der Waals surface area contributed by atoms with Crippen molar-refractivity contribution in [2.75, 3.05) is 12.3 Å². The molecule has 2 nitrogen and oxygen atoms in total. The fraction of sp³-hybridized carbons (Fsp3) is 0.600. The summed E-state index contributed by atoms with van der Waals surface area (Å²) in [5.74, 6) is 0.808. The molecule has 0 bridgehead atoms. The normalized spacial score (nSPS) is 12.6.